The van der Waals surface area contributed by atoms with Gasteiger partial charge in [0.25, 0.3) is 0 Å². The highest BCUT2D eigenvalue weighted by Gasteiger charge is 1.97. The van der Waals surface area contributed by atoms with Crippen molar-refractivity contribution in [3.05, 3.63) is 0 Å². The Bertz CT molecular complexity index is 157. The summed E-state index contributed by atoms with van der Waals surface area (Å²) in [5.41, 5.74) is 0. The van der Waals surface area contributed by atoms with Crippen LogP contribution in [0.1, 0.15) is 27.2 Å². The lowest BCUT2D eigenvalue weighted by Crippen LogP contribution is -2.41. The number of nitrogens with zero attached hydrogens (tertiary/aromatic N) is 1. The molecule has 0 fully saturated rings. The monoisotopic (exact) mass is 201 g/mol. The van der Waals surface area contributed by atoms with Gasteiger partial charge in [-0.3, -0.25) is 4.99 Å². The molecule has 0 rings (SSSR count). The Morgan fingerprint density at radius 2 is 2.14 bits per heavy atom. The number of nitrogens with one attached hydrogen (secondary N) is 2. The van der Waals surface area contributed by atoms with E-state index in [-0.39, 0.29) is 0 Å². The van der Waals surface area contributed by atoms with E-state index < -0.39 is 0 Å². The molecule has 0 aromatic carbocycles. The minimum absolute atomic E-state index is 0.412. The molecule has 0 spiro atoms. The number of hydrogen-bond acceptors (Lipinski definition) is 2. The third kappa shape index (κ3) is 7.86. The summed E-state index contributed by atoms with van der Waals surface area (Å²) in [6.45, 7) is 8.72. The van der Waals surface area contributed by atoms with E-state index in [1.165, 1.54) is 0 Å². The van der Waals surface area contributed by atoms with Gasteiger partial charge in [-0.05, 0) is 27.2 Å². The first-order valence-corrected chi connectivity index (χ1v) is 5.24. The number of ether oxygens (including phenoxy) is 1. The molecule has 0 amide bonds. The molecule has 0 bridgehead atoms. The summed E-state index contributed by atoms with van der Waals surface area (Å²) in [7, 11) is 1.71. The van der Waals surface area contributed by atoms with Gasteiger partial charge >= 0.3 is 0 Å². The van der Waals surface area contributed by atoms with Gasteiger partial charge in [-0.15, -0.1) is 0 Å². The van der Waals surface area contributed by atoms with Gasteiger partial charge < -0.3 is 15.4 Å². The smallest absolute Gasteiger partial charge is 0.191 e. The summed E-state index contributed by atoms with van der Waals surface area (Å²) in [4.78, 5) is 4.41. The molecule has 0 unspecified atom stereocenters. The van der Waals surface area contributed by atoms with Gasteiger partial charge in [-0.2, -0.15) is 0 Å². The molecular formula is C10H23N3O. The summed E-state index contributed by atoms with van der Waals surface area (Å²) in [6.07, 6.45) is 0.963. The van der Waals surface area contributed by atoms with Crippen LogP contribution in [0.2, 0.25) is 0 Å². The Balaban J connectivity index is 3.79. The maximum atomic E-state index is 4.95. The van der Waals surface area contributed by atoms with Gasteiger partial charge in [0, 0.05) is 32.8 Å². The topological polar surface area (TPSA) is 45.7 Å². The number of rotatable bonds is 6. The largest absolute Gasteiger partial charge is 0.385 e. The van der Waals surface area contributed by atoms with Crippen molar-refractivity contribution in [1.29, 1.82) is 0 Å². The summed E-state index contributed by atoms with van der Waals surface area (Å²) in [5.74, 6) is 0.888. The van der Waals surface area contributed by atoms with E-state index in [4.69, 9.17) is 4.74 Å². The molecule has 14 heavy (non-hydrogen) atoms. The van der Waals surface area contributed by atoms with Gasteiger partial charge in [-0.1, -0.05) is 0 Å². The Morgan fingerprint density at radius 1 is 1.43 bits per heavy atom. The molecule has 0 aromatic rings. The number of aliphatic imine (C=N–C) groups is 1. The van der Waals surface area contributed by atoms with E-state index in [1.807, 2.05) is 0 Å². The van der Waals surface area contributed by atoms with Crippen LogP contribution in [0.25, 0.3) is 0 Å². The first-order chi connectivity index (χ1) is 6.70. The molecule has 2 N–H and O–H groups in total. The first-order valence-electron chi connectivity index (χ1n) is 5.24. The van der Waals surface area contributed by atoms with Crippen LogP contribution in [-0.2, 0) is 4.74 Å². The fourth-order valence-electron chi connectivity index (χ4n) is 0.993. The lowest BCUT2D eigenvalue weighted by molar-refractivity contribution is 0.197. The molecule has 4 nitrogen and oxygen atoms in total. The minimum Gasteiger partial charge on any atom is -0.385 e. The zero-order valence-corrected chi connectivity index (χ0v) is 9.76. The van der Waals surface area contributed by atoms with Crippen LogP contribution < -0.4 is 10.6 Å². The quantitative estimate of drug-likeness (QED) is 0.383. The zero-order valence-electron chi connectivity index (χ0n) is 9.76. The van der Waals surface area contributed by atoms with Crippen LogP contribution in [0, 0.1) is 0 Å². The second-order valence-corrected chi connectivity index (χ2v) is 3.41. The summed E-state index contributed by atoms with van der Waals surface area (Å²) in [5, 5.41) is 6.44. The minimum atomic E-state index is 0.412. The van der Waals surface area contributed by atoms with Crippen LogP contribution in [0.4, 0.5) is 0 Å². The second kappa shape index (κ2) is 8.81. The summed E-state index contributed by atoms with van der Waals surface area (Å²) >= 11 is 0. The molecular weight excluding hydrogens is 178 g/mol. The van der Waals surface area contributed by atoms with Crippen molar-refractivity contribution in [1.82, 2.24) is 10.6 Å². The molecule has 84 valence electrons. The predicted molar refractivity (Wildman–Crippen MR) is 60.7 cm³/mol. The summed E-state index contributed by atoms with van der Waals surface area (Å²) < 4.78 is 4.95. The van der Waals surface area contributed by atoms with Crippen LogP contribution >= 0.6 is 0 Å². The van der Waals surface area contributed by atoms with Gasteiger partial charge in [0.05, 0.1) is 0 Å². The number of methoxy groups -OCH3 is 1. The van der Waals surface area contributed by atoms with E-state index in [9.17, 15) is 0 Å². The third-order valence-electron chi connectivity index (χ3n) is 1.55. The van der Waals surface area contributed by atoms with Crippen molar-refractivity contribution in [2.24, 2.45) is 4.99 Å². The average Bonchev–Trinajstić information content (AvgIpc) is 2.12. The average molecular weight is 201 g/mol. The molecule has 0 aliphatic rings. The highest BCUT2D eigenvalue weighted by Crippen LogP contribution is 1.84. The van der Waals surface area contributed by atoms with E-state index in [0.717, 1.165) is 32.1 Å². The molecule has 0 aliphatic carbocycles. The van der Waals surface area contributed by atoms with E-state index >= 15 is 0 Å². The Kier molecular flexibility index (Phi) is 8.33. The van der Waals surface area contributed by atoms with Crippen LogP contribution in [0.3, 0.4) is 0 Å². The van der Waals surface area contributed by atoms with E-state index in [2.05, 4.69) is 36.4 Å². The Hall–Kier alpha value is -0.770. The maximum Gasteiger partial charge on any atom is 0.191 e. The molecule has 0 heterocycles. The predicted octanol–water partition coefficient (Wildman–Crippen LogP) is 0.986. The lowest BCUT2D eigenvalue weighted by atomic mass is 10.4. The van der Waals surface area contributed by atoms with Crippen molar-refractivity contribution in [2.45, 2.75) is 33.2 Å². The second-order valence-electron chi connectivity index (χ2n) is 3.41. The molecule has 4 heteroatoms. The Labute approximate surface area is 87.1 Å². The van der Waals surface area contributed by atoms with Crippen LogP contribution in [0.5, 0.6) is 0 Å². The van der Waals surface area contributed by atoms with Crippen molar-refractivity contribution >= 4 is 5.96 Å². The van der Waals surface area contributed by atoms with Gasteiger partial charge in [0.2, 0.25) is 0 Å². The van der Waals surface area contributed by atoms with Crippen LogP contribution in [0.15, 0.2) is 4.99 Å². The molecule has 0 saturated heterocycles. The Morgan fingerprint density at radius 3 is 2.64 bits per heavy atom. The van der Waals surface area contributed by atoms with Crippen molar-refractivity contribution in [3.8, 4) is 0 Å². The maximum absolute atomic E-state index is 4.95. The fraction of sp³-hybridized carbons (Fsp3) is 0.900. The number of guanidine groups is 1. The molecule has 0 aromatic heterocycles. The first kappa shape index (κ1) is 13.2. The standard InChI is InChI=1S/C10H23N3O/c1-5-11-10(13-9(2)3)12-7-6-8-14-4/h9H,5-8H2,1-4H3,(H2,11,12,13). The molecule has 0 radical (unpaired) electrons. The molecule has 0 atom stereocenters. The van der Waals surface area contributed by atoms with Crippen LogP contribution in [-0.4, -0.2) is 38.8 Å². The normalized spacial score (nSPS) is 11.9. The van der Waals surface area contributed by atoms with E-state index in [0.29, 0.717) is 6.04 Å². The van der Waals surface area contributed by atoms with Crippen molar-refractivity contribution in [3.63, 3.8) is 0 Å². The van der Waals surface area contributed by atoms with Crippen molar-refractivity contribution in [2.75, 3.05) is 26.8 Å². The lowest BCUT2D eigenvalue weighted by Gasteiger charge is -2.13. The van der Waals surface area contributed by atoms with Gasteiger partial charge in [0.1, 0.15) is 0 Å². The van der Waals surface area contributed by atoms with Crippen molar-refractivity contribution < 1.29 is 4.74 Å². The molecule has 0 aliphatic heterocycles. The third-order valence-corrected chi connectivity index (χ3v) is 1.55. The highest BCUT2D eigenvalue weighted by atomic mass is 16.5. The van der Waals surface area contributed by atoms with Gasteiger partial charge in [0.15, 0.2) is 5.96 Å². The number of hydrogen-bond donors (Lipinski definition) is 2. The SMILES string of the molecule is CCNC(=NCCCOC)NC(C)C. The van der Waals surface area contributed by atoms with Gasteiger partial charge in [-0.25, -0.2) is 0 Å². The highest BCUT2D eigenvalue weighted by molar-refractivity contribution is 5.79. The van der Waals surface area contributed by atoms with E-state index in [1.54, 1.807) is 7.11 Å². The fourth-order valence-corrected chi connectivity index (χ4v) is 0.993. The summed E-state index contributed by atoms with van der Waals surface area (Å²) in [6, 6.07) is 0.412. The zero-order chi connectivity index (χ0) is 10.8. The molecule has 0 saturated carbocycles.